The predicted molar refractivity (Wildman–Crippen MR) is 116 cm³/mol. The Morgan fingerprint density at radius 3 is 2.41 bits per heavy atom. The van der Waals surface area contributed by atoms with E-state index in [4.69, 9.17) is 5.73 Å². The Morgan fingerprint density at radius 1 is 1.10 bits per heavy atom. The molecule has 0 bridgehead atoms. The van der Waals surface area contributed by atoms with Gasteiger partial charge in [-0.2, -0.15) is 0 Å². The monoisotopic (exact) mass is 395 g/mol. The average molecular weight is 396 g/mol. The molecule has 0 radical (unpaired) electrons. The van der Waals surface area contributed by atoms with Gasteiger partial charge in [-0.1, -0.05) is 13.0 Å². The molecule has 29 heavy (non-hydrogen) atoms. The van der Waals surface area contributed by atoms with Crippen LogP contribution in [0, 0.1) is 0 Å². The highest BCUT2D eigenvalue weighted by Gasteiger charge is 2.21. The lowest BCUT2D eigenvalue weighted by Crippen LogP contribution is -2.48. The number of hydrogen-bond donors (Lipinski definition) is 1. The van der Waals surface area contributed by atoms with Crippen LogP contribution in [0.3, 0.4) is 0 Å². The van der Waals surface area contributed by atoms with Crippen molar-refractivity contribution < 1.29 is 9.59 Å². The summed E-state index contributed by atoms with van der Waals surface area (Å²) in [6.45, 7) is 4.86. The number of amides is 2. The third-order valence-electron chi connectivity index (χ3n) is 5.45. The van der Waals surface area contributed by atoms with E-state index in [-0.39, 0.29) is 11.8 Å². The van der Waals surface area contributed by atoms with Crippen molar-refractivity contribution in [2.45, 2.75) is 26.2 Å². The number of hydrogen-bond acceptors (Lipinski definition) is 5. The molecule has 3 rings (SSSR count). The molecule has 2 amide bonds. The minimum absolute atomic E-state index is 0.0953. The lowest BCUT2D eigenvalue weighted by Gasteiger charge is -2.36. The second-order valence-corrected chi connectivity index (χ2v) is 7.24. The van der Waals surface area contributed by atoms with Crippen molar-refractivity contribution in [3.05, 3.63) is 48.2 Å². The van der Waals surface area contributed by atoms with E-state index in [2.05, 4.69) is 9.88 Å². The van der Waals surface area contributed by atoms with Gasteiger partial charge in [-0.05, 0) is 42.3 Å². The largest absolute Gasteiger partial charge is 0.383 e. The van der Waals surface area contributed by atoms with Crippen LogP contribution in [0.5, 0.6) is 0 Å². The Hall–Kier alpha value is -3.09. The van der Waals surface area contributed by atoms with E-state index in [0.29, 0.717) is 38.2 Å². The molecule has 1 aromatic carbocycles. The molecule has 2 aromatic rings. The average Bonchev–Trinajstić information content (AvgIpc) is 2.77. The summed E-state index contributed by atoms with van der Waals surface area (Å²) < 4.78 is 0. The number of nitrogen functional groups attached to an aromatic ring is 1. The molecule has 1 aliphatic rings. The first-order valence-corrected chi connectivity index (χ1v) is 10.1. The number of carbonyl (C=O) groups is 2. The minimum Gasteiger partial charge on any atom is -0.383 e. The third kappa shape index (κ3) is 5.04. The van der Waals surface area contributed by atoms with E-state index in [9.17, 15) is 9.59 Å². The Balaban J connectivity index is 1.50. The Bertz CT molecular complexity index is 845. The van der Waals surface area contributed by atoms with E-state index in [1.54, 1.807) is 18.1 Å². The fourth-order valence-electron chi connectivity index (χ4n) is 3.54. The van der Waals surface area contributed by atoms with Crippen molar-refractivity contribution in [2.75, 3.05) is 48.8 Å². The number of carbonyl (C=O) groups excluding carboxylic acids is 2. The lowest BCUT2D eigenvalue weighted by atomic mass is 10.1. The Morgan fingerprint density at radius 2 is 1.79 bits per heavy atom. The number of pyridine rings is 1. The third-order valence-corrected chi connectivity index (χ3v) is 5.45. The van der Waals surface area contributed by atoms with Gasteiger partial charge in [0.1, 0.15) is 5.82 Å². The van der Waals surface area contributed by atoms with E-state index < -0.39 is 0 Å². The molecule has 2 N–H and O–H groups in total. The molecule has 1 aromatic heterocycles. The van der Waals surface area contributed by atoms with Gasteiger partial charge < -0.3 is 20.4 Å². The highest BCUT2D eigenvalue weighted by atomic mass is 16.2. The first-order chi connectivity index (χ1) is 14.0. The molecule has 7 nitrogen and oxygen atoms in total. The van der Waals surface area contributed by atoms with E-state index in [0.717, 1.165) is 30.0 Å². The SMILES string of the molecule is CCC(=O)N(C)c1ccc(N2CCN(C(=O)CCc3cccnc3N)CC2)cc1. The molecule has 0 aliphatic carbocycles. The number of rotatable bonds is 6. The number of piperazine rings is 1. The van der Waals surface area contributed by atoms with Crippen LogP contribution in [0.4, 0.5) is 17.2 Å². The van der Waals surface area contributed by atoms with Crippen LogP contribution in [0.2, 0.25) is 0 Å². The van der Waals surface area contributed by atoms with Crippen molar-refractivity contribution in [1.29, 1.82) is 0 Å². The van der Waals surface area contributed by atoms with Crippen LogP contribution < -0.4 is 15.5 Å². The zero-order chi connectivity index (χ0) is 20.8. The van der Waals surface area contributed by atoms with Gasteiger partial charge in [-0.15, -0.1) is 0 Å². The van der Waals surface area contributed by atoms with Crippen LogP contribution >= 0.6 is 0 Å². The smallest absolute Gasteiger partial charge is 0.226 e. The number of aromatic nitrogens is 1. The molecule has 0 saturated carbocycles. The lowest BCUT2D eigenvalue weighted by molar-refractivity contribution is -0.131. The van der Waals surface area contributed by atoms with Crippen molar-refractivity contribution in [3.8, 4) is 0 Å². The fourth-order valence-corrected chi connectivity index (χ4v) is 3.54. The van der Waals surface area contributed by atoms with E-state index in [1.165, 1.54) is 0 Å². The molecule has 0 atom stereocenters. The van der Waals surface area contributed by atoms with Crippen LogP contribution in [-0.4, -0.2) is 54.9 Å². The van der Waals surface area contributed by atoms with Gasteiger partial charge in [0.2, 0.25) is 11.8 Å². The zero-order valence-corrected chi connectivity index (χ0v) is 17.2. The molecule has 0 unspecified atom stereocenters. The molecular weight excluding hydrogens is 366 g/mol. The van der Waals surface area contributed by atoms with Crippen molar-refractivity contribution >= 4 is 29.0 Å². The maximum Gasteiger partial charge on any atom is 0.226 e. The van der Waals surface area contributed by atoms with Crippen LogP contribution in [0.15, 0.2) is 42.6 Å². The molecule has 7 heteroatoms. The molecule has 2 heterocycles. The van der Waals surface area contributed by atoms with Gasteiger partial charge in [-0.3, -0.25) is 9.59 Å². The van der Waals surface area contributed by atoms with Gasteiger partial charge in [0.15, 0.2) is 0 Å². The zero-order valence-electron chi connectivity index (χ0n) is 17.2. The van der Waals surface area contributed by atoms with E-state index >= 15 is 0 Å². The maximum absolute atomic E-state index is 12.5. The molecule has 1 aliphatic heterocycles. The Kier molecular flexibility index (Phi) is 6.69. The highest BCUT2D eigenvalue weighted by molar-refractivity contribution is 5.92. The van der Waals surface area contributed by atoms with Gasteiger partial charge in [0.25, 0.3) is 0 Å². The van der Waals surface area contributed by atoms with Crippen LogP contribution in [0.1, 0.15) is 25.3 Å². The molecular formula is C22H29N5O2. The summed E-state index contributed by atoms with van der Waals surface area (Å²) >= 11 is 0. The van der Waals surface area contributed by atoms with Gasteiger partial charge >= 0.3 is 0 Å². The quantitative estimate of drug-likeness (QED) is 0.812. The van der Waals surface area contributed by atoms with Gasteiger partial charge in [-0.25, -0.2) is 4.98 Å². The topological polar surface area (TPSA) is 82.8 Å². The first-order valence-electron chi connectivity index (χ1n) is 10.1. The van der Waals surface area contributed by atoms with Gasteiger partial charge in [0, 0.05) is 63.6 Å². The number of aryl methyl sites for hydroxylation is 1. The summed E-state index contributed by atoms with van der Waals surface area (Å²) in [6.07, 6.45) is 3.21. The van der Waals surface area contributed by atoms with Crippen molar-refractivity contribution in [2.24, 2.45) is 0 Å². The molecule has 1 saturated heterocycles. The second kappa shape index (κ2) is 9.41. The van der Waals surface area contributed by atoms with E-state index in [1.807, 2.05) is 48.2 Å². The summed E-state index contributed by atoms with van der Waals surface area (Å²) in [4.78, 5) is 34.3. The highest BCUT2D eigenvalue weighted by Crippen LogP contribution is 2.22. The molecule has 0 spiro atoms. The normalized spacial score (nSPS) is 14.0. The maximum atomic E-state index is 12.5. The van der Waals surface area contributed by atoms with Crippen molar-refractivity contribution in [1.82, 2.24) is 9.88 Å². The summed E-state index contributed by atoms with van der Waals surface area (Å²) in [6, 6.07) is 11.8. The summed E-state index contributed by atoms with van der Waals surface area (Å²) in [5.74, 6) is 0.751. The molecule has 1 fully saturated rings. The predicted octanol–water partition coefficient (Wildman–Crippen LogP) is 2.32. The van der Waals surface area contributed by atoms with Crippen LogP contribution in [0.25, 0.3) is 0 Å². The fraction of sp³-hybridized carbons (Fsp3) is 0.409. The minimum atomic E-state index is 0.0953. The Labute approximate surface area is 172 Å². The number of benzene rings is 1. The number of nitrogens with zero attached hydrogens (tertiary/aromatic N) is 4. The number of anilines is 3. The first kappa shape index (κ1) is 20.6. The summed E-state index contributed by atoms with van der Waals surface area (Å²) in [7, 11) is 1.80. The molecule has 154 valence electrons. The van der Waals surface area contributed by atoms with Crippen molar-refractivity contribution in [3.63, 3.8) is 0 Å². The van der Waals surface area contributed by atoms with Crippen LogP contribution in [-0.2, 0) is 16.0 Å². The van der Waals surface area contributed by atoms with Gasteiger partial charge in [0.05, 0.1) is 0 Å². The summed E-state index contributed by atoms with van der Waals surface area (Å²) in [5, 5.41) is 0. The standard InChI is InChI=1S/C22H29N5O2/c1-3-20(28)25(2)18-7-9-19(10-8-18)26-13-15-27(16-14-26)21(29)11-6-17-5-4-12-24-22(17)23/h4-5,7-10,12H,3,6,11,13-16H2,1-2H3,(H2,23,24). The number of nitrogens with two attached hydrogens (primary N) is 1. The second-order valence-electron chi connectivity index (χ2n) is 7.24. The summed E-state index contributed by atoms with van der Waals surface area (Å²) in [5.41, 5.74) is 8.78.